The normalized spacial score (nSPS) is 31.8. The molecule has 0 unspecified atom stereocenters. The highest BCUT2D eigenvalue weighted by Gasteiger charge is 2.54. The third kappa shape index (κ3) is 2.82. The third-order valence-corrected chi connectivity index (χ3v) is 7.81. The van der Waals surface area contributed by atoms with Gasteiger partial charge in [-0.15, -0.1) is 0 Å². The Kier molecular flexibility index (Phi) is 4.68. The predicted molar refractivity (Wildman–Crippen MR) is 105 cm³/mol. The van der Waals surface area contributed by atoms with Crippen LogP contribution in [-0.4, -0.2) is 63.8 Å². The molecule has 1 aromatic rings. The molecule has 0 bridgehead atoms. The lowest BCUT2D eigenvalue weighted by Gasteiger charge is -2.53. The molecule has 0 N–H and O–H groups in total. The summed E-state index contributed by atoms with van der Waals surface area (Å²) in [6.45, 7) is 3.73. The number of rotatable bonds is 3. The first-order chi connectivity index (χ1) is 12.5. The first kappa shape index (κ1) is 18.1. The van der Waals surface area contributed by atoms with Gasteiger partial charge in [0, 0.05) is 11.5 Å². The van der Waals surface area contributed by atoms with Crippen LogP contribution in [0.5, 0.6) is 11.5 Å². The van der Waals surface area contributed by atoms with Crippen LogP contribution in [0.4, 0.5) is 0 Å². The summed E-state index contributed by atoms with van der Waals surface area (Å²) in [5.41, 5.74) is 2.30. The quantitative estimate of drug-likeness (QED) is 0.825. The Balaban J connectivity index is 1.65. The average Bonchev–Trinajstić information content (AvgIpc) is 3.01. The topological polar surface area (TPSA) is 24.9 Å². The van der Waals surface area contributed by atoms with Crippen molar-refractivity contribution in [2.45, 2.75) is 50.0 Å². The molecule has 0 amide bonds. The lowest BCUT2D eigenvalue weighted by Crippen LogP contribution is -2.52. The molecular weight excluding hydrogens is 324 g/mol. The zero-order valence-corrected chi connectivity index (χ0v) is 16.9. The van der Waals surface area contributed by atoms with Gasteiger partial charge in [0.1, 0.15) is 0 Å². The van der Waals surface area contributed by atoms with E-state index in [1.54, 1.807) is 14.2 Å². The molecule has 3 aliphatic rings. The molecule has 3 fully saturated rings. The third-order valence-electron chi connectivity index (χ3n) is 7.81. The Labute approximate surface area is 158 Å². The van der Waals surface area contributed by atoms with Gasteiger partial charge in [-0.3, -0.25) is 0 Å². The Morgan fingerprint density at radius 3 is 2.31 bits per heavy atom. The van der Waals surface area contributed by atoms with Crippen LogP contribution in [0.3, 0.4) is 0 Å². The lowest BCUT2D eigenvalue weighted by atomic mass is 9.56. The molecule has 1 spiro atoms. The van der Waals surface area contributed by atoms with Gasteiger partial charge in [-0.25, -0.2) is 0 Å². The molecule has 26 heavy (non-hydrogen) atoms. The van der Waals surface area contributed by atoms with Crippen molar-refractivity contribution in [3.63, 3.8) is 0 Å². The SMILES string of the molecule is COc1ccc([C@]23CCN(C)[C@H]2CC2(CCN(C)CC2)CC3)cc1OC. The maximum absolute atomic E-state index is 5.62. The summed E-state index contributed by atoms with van der Waals surface area (Å²) in [6, 6.07) is 7.29. The zero-order chi connectivity index (χ0) is 18.4. The highest BCUT2D eigenvalue weighted by molar-refractivity contribution is 5.46. The molecule has 4 rings (SSSR count). The number of benzene rings is 1. The summed E-state index contributed by atoms with van der Waals surface area (Å²) in [5.74, 6) is 1.70. The minimum Gasteiger partial charge on any atom is -0.493 e. The fourth-order valence-electron chi connectivity index (χ4n) is 5.94. The van der Waals surface area contributed by atoms with Crippen LogP contribution < -0.4 is 9.47 Å². The van der Waals surface area contributed by atoms with E-state index >= 15 is 0 Å². The van der Waals surface area contributed by atoms with Crippen LogP contribution in [0.15, 0.2) is 18.2 Å². The Hall–Kier alpha value is -1.26. The number of hydrogen-bond acceptors (Lipinski definition) is 4. The van der Waals surface area contributed by atoms with Crippen LogP contribution in [0.25, 0.3) is 0 Å². The maximum atomic E-state index is 5.62. The Morgan fingerprint density at radius 2 is 1.62 bits per heavy atom. The van der Waals surface area contributed by atoms with E-state index < -0.39 is 0 Å². The minimum atomic E-state index is 0.281. The van der Waals surface area contributed by atoms with E-state index in [9.17, 15) is 0 Å². The number of likely N-dealkylation sites (tertiary alicyclic amines) is 2. The monoisotopic (exact) mass is 358 g/mol. The van der Waals surface area contributed by atoms with Crippen molar-refractivity contribution < 1.29 is 9.47 Å². The smallest absolute Gasteiger partial charge is 0.161 e. The van der Waals surface area contributed by atoms with E-state index in [1.807, 2.05) is 0 Å². The van der Waals surface area contributed by atoms with Crippen molar-refractivity contribution in [2.75, 3.05) is 47.9 Å². The van der Waals surface area contributed by atoms with Crippen molar-refractivity contribution in [3.05, 3.63) is 23.8 Å². The second-order valence-corrected chi connectivity index (χ2v) is 8.98. The molecule has 144 valence electrons. The van der Waals surface area contributed by atoms with Crippen LogP contribution in [0.1, 0.15) is 44.1 Å². The van der Waals surface area contributed by atoms with Gasteiger partial charge in [-0.05, 0) is 95.4 Å². The standard InChI is InChI=1S/C22H34N2O2/c1-23-12-9-21(10-13-23)7-8-22(11-14-24(2)20(22)16-21)17-5-6-18(25-3)19(15-17)26-4/h5-6,15,20H,7-14,16H2,1-4H3/t20-,22-/m0/s1. The molecule has 2 heterocycles. The van der Waals surface area contributed by atoms with Gasteiger partial charge in [0.25, 0.3) is 0 Å². The number of likely N-dealkylation sites (N-methyl/N-ethyl adjacent to an activating group) is 1. The molecule has 1 aromatic carbocycles. The zero-order valence-electron chi connectivity index (χ0n) is 16.9. The van der Waals surface area contributed by atoms with E-state index in [0.29, 0.717) is 11.5 Å². The Bertz CT molecular complexity index is 654. The van der Waals surface area contributed by atoms with Crippen molar-refractivity contribution in [3.8, 4) is 11.5 Å². The molecule has 0 aromatic heterocycles. The maximum Gasteiger partial charge on any atom is 0.161 e. The van der Waals surface area contributed by atoms with Crippen molar-refractivity contribution >= 4 is 0 Å². The van der Waals surface area contributed by atoms with Gasteiger partial charge < -0.3 is 19.3 Å². The summed E-state index contributed by atoms with van der Waals surface area (Å²) in [7, 11) is 8.06. The first-order valence-corrected chi connectivity index (χ1v) is 10.1. The summed E-state index contributed by atoms with van der Waals surface area (Å²) < 4.78 is 11.1. The number of piperidine rings is 1. The fraction of sp³-hybridized carbons (Fsp3) is 0.727. The van der Waals surface area contributed by atoms with Crippen molar-refractivity contribution in [1.29, 1.82) is 0 Å². The molecular formula is C22H34N2O2. The molecule has 4 nitrogen and oxygen atoms in total. The molecule has 1 aliphatic carbocycles. The molecule has 2 saturated heterocycles. The van der Waals surface area contributed by atoms with Crippen LogP contribution in [0, 0.1) is 5.41 Å². The minimum absolute atomic E-state index is 0.281. The van der Waals surface area contributed by atoms with E-state index in [0.717, 1.165) is 11.5 Å². The van der Waals surface area contributed by atoms with E-state index in [4.69, 9.17) is 9.47 Å². The molecule has 2 atom stereocenters. The van der Waals surface area contributed by atoms with Gasteiger partial charge in [-0.1, -0.05) is 6.07 Å². The Morgan fingerprint density at radius 1 is 0.885 bits per heavy atom. The number of methoxy groups -OCH3 is 2. The highest BCUT2D eigenvalue weighted by Crippen LogP contribution is 2.57. The molecule has 0 radical (unpaired) electrons. The van der Waals surface area contributed by atoms with Crippen molar-refractivity contribution in [2.24, 2.45) is 5.41 Å². The van der Waals surface area contributed by atoms with Crippen LogP contribution >= 0.6 is 0 Å². The van der Waals surface area contributed by atoms with Gasteiger partial charge in [-0.2, -0.15) is 0 Å². The average molecular weight is 359 g/mol. The number of ether oxygens (including phenoxy) is 2. The first-order valence-electron chi connectivity index (χ1n) is 10.1. The van der Waals surface area contributed by atoms with Crippen molar-refractivity contribution in [1.82, 2.24) is 9.80 Å². The van der Waals surface area contributed by atoms with Crippen LogP contribution in [0.2, 0.25) is 0 Å². The van der Waals surface area contributed by atoms with Gasteiger partial charge in [0.05, 0.1) is 14.2 Å². The molecule has 4 heteroatoms. The largest absolute Gasteiger partial charge is 0.493 e. The van der Waals surface area contributed by atoms with Gasteiger partial charge >= 0.3 is 0 Å². The van der Waals surface area contributed by atoms with Gasteiger partial charge in [0.2, 0.25) is 0 Å². The van der Waals surface area contributed by atoms with E-state index in [2.05, 4.69) is 42.1 Å². The molecule has 1 saturated carbocycles. The number of fused-ring (bicyclic) bond motifs is 1. The summed E-state index contributed by atoms with van der Waals surface area (Å²) in [6.07, 6.45) is 8.04. The van der Waals surface area contributed by atoms with E-state index in [-0.39, 0.29) is 5.41 Å². The van der Waals surface area contributed by atoms with Gasteiger partial charge in [0.15, 0.2) is 11.5 Å². The second kappa shape index (κ2) is 6.72. The van der Waals surface area contributed by atoms with Crippen LogP contribution in [-0.2, 0) is 5.41 Å². The fourth-order valence-corrected chi connectivity index (χ4v) is 5.94. The molecule has 2 aliphatic heterocycles. The van der Waals surface area contributed by atoms with E-state index in [1.165, 1.54) is 63.7 Å². The lowest BCUT2D eigenvalue weighted by molar-refractivity contribution is 0.0193. The summed E-state index contributed by atoms with van der Waals surface area (Å²) in [4.78, 5) is 5.13. The number of nitrogens with zero attached hydrogens (tertiary/aromatic N) is 2. The number of hydrogen-bond donors (Lipinski definition) is 0. The summed E-state index contributed by atoms with van der Waals surface area (Å²) >= 11 is 0. The second-order valence-electron chi connectivity index (χ2n) is 8.98. The summed E-state index contributed by atoms with van der Waals surface area (Å²) in [5, 5.41) is 0. The highest BCUT2D eigenvalue weighted by atomic mass is 16.5. The predicted octanol–water partition coefficient (Wildman–Crippen LogP) is 3.54.